The summed E-state index contributed by atoms with van der Waals surface area (Å²) in [5.74, 6) is 2.43. The molecule has 8 heteroatoms. The van der Waals surface area contributed by atoms with Crippen molar-refractivity contribution in [3.05, 3.63) is 46.5 Å². The lowest BCUT2D eigenvalue weighted by Crippen LogP contribution is -2.45. The molecule has 1 saturated heterocycles. The van der Waals surface area contributed by atoms with Crippen LogP contribution in [0.4, 0.5) is 0 Å². The molecule has 2 aromatic rings. The number of aromatic amines is 1. The van der Waals surface area contributed by atoms with E-state index in [0.717, 1.165) is 48.7 Å². The molecular weight excluding hydrogens is 483 g/mol. The summed E-state index contributed by atoms with van der Waals surface area (Å²) in [7, 11) is 1.84. The SMILES string of the molecule is CN=C(NCc1ccc(Br)cc1)N1CCC(c2ncn[nH]2)CC1.I. The Bertz CT molecular complexity index is 635. The lowest BCUT2D eigenvalue weighted by molar-refractivity contribution is 0.299. The van der Waals surface area contributed by atoms with Crippen molar-refractivity contribution in [1.29, 1.82) is 0 Å². The molecule has 6 nitrogen and oxygen atoms in total. The van der Waals surface area contributed by atoms with Crippen molar-refractivity contribution in [1.82, 2.24) is 25.4 Å². The van der Waals surface area contributed by atoms with Gasteiger partial charge in [0.15, 0.2) is 5.96 Å². The molecule has 0 saturated carbocycles. The molecule has 1 fully saturated rings. The maximum absolute atomic E-state index is 4.42. The number of halogens is 2. The number of aliphatic imine (C=N–C) groups is 1. The zero-order chi connectivity index (χ0) is 16.1. The molecule has 0 unspecified atom stereocenters. The van der Waals surface area contributed by atoms with Crippen molar-refractivity contribution in [3.63, 3.8) is 0 Å². The molecule has 2 heterocycles. The van der Waals surface area contributed by atoms with Gasteiger partial charge in [-0.15, -0.1) is 24.0 Å². The van der Waals surface area contributed by atoms with Crippen LogP contribution >= 0.6 is 39.9 Å². The Hall–Kier alpha value is -1.16. The van der Waals surface area contributed by atoms with Crippen molar-refractivity contribution in [3.8, 4) is 0 Å². The molecule has 3 rings (SSSR count). The molecule has 1 aliphatic heterocycles. The van der Waals surface area contributed by atoms with Gasteiger partial charge < -0.3 is 10.2 Å². The van der Waals surface area contributed by atoms with E-state index in [1.54, 1.807) is 6.33 Å². The van der Waals surface area contributed by atoms with Crippen LogP contribution in [-0.4, -0.2) is 46.2 Å². The standard InChI is InChI=1S/C16H21BrN6.HI/c1-18-16(19-10-12-2-4-14(17)5-3-12)23-8-6-13(7-9-23)15-20-11-21-22-15;/h2-5,11,13H,6-10H2,1H3,(H,18,19)(H,20,21,22);1H. The summed E-state index contributed by atoms with van der Waals surface area (Å²) in [6.45, 7) is 2.73. The van der Waals surface area contributed by atoms with Gasteiger partial charge in [-0.1, -0.05) is 28.1 Å². The Morgan fingerprint density at radius 1 is 1.33 bits per heavy atom. The molecule has 130 valence electrons. The Morgan fingerprint density at radius 3 is 2.62 bits per heavy atom. The van der Waals surface area contributed by atoms with Crippen molar-refractivity contribution in [2.45, 2.75) is 25.3 Å². The van der Waals surface area contributed by atoms with Gasteiger partial charge in [-0.3, -0.25) is 10.1 Å². The third-order valence-electron chi connectivity index (χ3n) is 4.19. The number of likely N-dealkylation sites (tertiary alicyclic amines) is 1. The number of rotatable bonds is 3. The van der Waals surface area contributed by atoms with Gasteiger partial charge in [-0.05, 0) is 30.5 Å². The first-order valence-corrected chi connectivity index (χ1v) is 8.61. The number of nitrogens with one attached hydrogen (secondary N) is 2. The van der Waals surface area contributed by atoms with Gasteiger partial charge in [-0.2, -0.15) is 5.10 Å². The average molecular weight is 505 g/mol. The highest BCUT2D eigenvalue weighted by atomic mass is 127. The average Bonchev–Trinajstić information content (AvgIpc) is 3.12. The van der Waals surface area contributed by atoms with E-state index >= 15 is 0 Å². The lowest BCUT2D eigenvalue weighted by Gasteiger charge is -2.33. The number of benzene rings is 1. The predicted molar refractivity (Wildman–Crippen MR) is 110 cm³/mol. The Labute approximate surface area is 167 Å². The summed E-state index contributed by atoms with van der Waals surface area (Å²) >= 11 is 3.46. The first kappa shape index (κ1) is 19.2. The number of hydrogen-bond acceptors (Lipinski definition) is 3. The Kier molecular flexibility index (Phi) is 7.47. The van der Waals surface area contributed by atoms with Crippen molar-refractivity contribution >= 4 is 45.9 Å². The molecule has 0 amide bonds. The first-order chi connectivity index (χ1) is 11.3. The van der Waals surface area contributed by atoms with E-state index in [4.69, 9.17) is 0 Å². The normalized spacial score (nSPS) is 15.9. The van der Waals surface area contributed by atoms with E-state index in [0.29, 0.717) is 5.92 Å². The van der Waals surface area contributed by atoms with Crippen LogP contribution in [0, 0.1) is 0 Å². The topological polar surface area (TPSA) is 69.2 Å². The van der Waals surface area contributed by atoms with Gasteiger partial charge in [0.1, 0.15) is 12.2 Å². The molecule has 0 radical (unpaired) electrons. The van der Waals surface area contributed by atoms with E-state index in [-0.39, 0.29) is 24.0 Å². The predicted octanol–water partition coefficient (Wildman–Crippen LogP) is 3.14. The van der Waals surface area contributed by atoms with Crippen LogP contribution in [0.15, 0.2) is 40.1 Å². The van der Waals surface area contributed by atoms with Gasteiger partial charge >= 0.3 is 0 Å². The molecule has 0 spiro atoms. The second-order valence-corrected chi connectivity index (χ2v) is 6.57. The molecule has 1 aliphatic rings. The number of H-pyrrole nitrogens is 1. The number of piperidine rings is 1. The van der Waals surface area contributed by atoms with Gasteiger partial charge in [0.25, 0.3) is 0 Å². The van der Waals surface area contributed by atoms with Crippen LogP contribution in [0.5, 0.6) is 0 Å². The summed E-state index contributed by atoms with van der Waals surface area (Å²) < 4.78 is 1.10. The number of aromatic nitrogens is 3. The van der Waals surface area contributed by atoms with E-state index < -0.39 is 0 Å². The van der Waals surface area contributed by atoms with Crippen LogP contribution in [0.1, 0.15) is 30.1 Å². The fraction of sp³-hybridized carbons (Fsp3) is 0.438. The maximum atomic E-state index is 4.42. The molecule has 2 N–H and O–H groups in total. The Balaban J connectivity index is 0.00000208. The third kappa shape index (κ3) is 4.92. The minimum atomic E-state index is 0. The molecule has 0 aliphatic carbocycles. The summed E-state index contributed by atoms with van der Waals surface area (Å²) in [4.78, 5) is 11.0. The highest BCUT2D eigenvalue weighted by molar-refractivity contribution is 14.0. The highest BCUT2D eigenvalue weighted by Gasteiger charge is 2.24. The van der Waals surface area contributed by atoms with Crippen LogP contribution in [0.2, 0.25) is 0 Å². The number of hydrogen-bond donors (Lipinski definition) is 2. The quantitative estimate of drug-likeness (QED) is 0.383. The number of guanidine groups is 1. The molecule has 0 atom stereocenters. The molecule has 0 bridgehead atoms. The molecule has 24 heavy (non-hydrogen) atoms. The van der Waals surface area contributed by atoms with Gasteiger partial charge in [-0.25, -0.2) is 4.98 Å². The van der Waals surface area contributed by atoms with Crippen LogP contribution in [0.25, 0.3) is 0 Å². The summed E-state index contributed by atoms with van der Waals surface area (Å²) in [5, 5.41) is 10.4. The van der Waals surface area contributed by atoms with E-state index in [9.17, 15) is 0 Å². The van der Waals surface area contributed by atoms with Gasteiger partial charge in [0.05, 0.1) is 0 Å². The smallest absolute Gasteiger partial charge is 0.193 e. The fourth-order valence-electron chi connectivity index (χ4n) is 2.89. The monoisotopic (exact) mass is 504 g/mol. The van der Waals surface area contributed by atoms with Crippen LogP contribution in [-0.2, 0) is 6.54 Å². The minimum absolute atomic E-state index is 0. The fourth-order valence-corrected chi connectivity index (χ4v) is 3.16. The zero-order valence-corrected chi connectivity index (χ0v) is 17.5. The van der Waals surface area contributed by atoms with E-state index in [1.165, 1.54) is 5.56 Å². The van der Waals surface area contributed by atoms with Crippen molar-refractivity contribution in [2.75, 3.05) is 20.1 Å². The van der Waals surface area contributed by atoms with E-state index in [1.807, 2.05) is 7.05 Å². The summed E-state index contributed by atoms with van der Waals surface area (Å²) in [5.41, 5.74) is 1.24. The number of nitrogens with zero attached hydrogens (tertiary/aromatic N) is 4. The van der Waals surface area contributed by atoms with Crippen LogP contribution < -0.4 is 5.32 Å². The van der Waals surface area contributed by atoms with E-state index in [2.05, 4.69) is 70.6 Å². The molecule has 1 aromatic heterocycles. The second-order valence-electron chi connectivity index (χ2n) is 5.66. The molecular formula is C16H22BrIN6. The maximum Gasteiger partial charge on any atom is 0.193 e. The van der Waals surface area contributed by atoms with Crippen LogP contribution in [0.3, 0.4) is 0 Å². The highest BCUT2D eigenvalue weighted by Crippen LogP contribution is 2.24. The lowest BCUT2D eigenvalue weighted by atomic mass is 9.96. The van der Waals surface area contributed by atoms with Gasteiger partial charge in [0.2, 0.25) is 0 Å². The second kappa shape index (κ2) is 9.36. The van der Waals surface area contributed by atoms with Gasteiger partial charge in [0, 0.05) is 37.1 Å². The minimum Gasteiger partial charge on any atom is -0.352 e. The largest absolute Gasteiger partial charge is 0.352 e. The summed E-state index contributed by atoms with van der Waals surface area (Å²) in [6.07, 6.45) is 3.71. The van der Waals surface area contributed by atoms with Crippen molar-refractivity contribution in [2.24, 2.45) is 4.99 Å². The molecule has 1 aromatic carbocycles. The zero-order valence-electron chi connectivity index (χ0n) is 13.6. The van der Waals surface area contributed by atoms with Crippen molar-refractivity contribution < 1.29 is 0 Å². The Morgan fingerprint density at radius 2 is 2.04 bits per heavy atom. The summed E-state index contributed by atoms with van der Waals surface area (Å²) in [6, 6.07) is 8.34. The first-order valence-electron chi connectivity index (χ1n) is 7.81. The third-order valence-corrected chi connectivity index (χ3v) is 4.72.